The Morgan fingerprint density at radius 2 is 2.17 bits per heavy atom. The molecule has 0 aromatic heterocycles. The fraction of sp³-hybridized carbons (Fsp3) is 0.385. The number of nitrogens with one attached hydrogen (secondary N) is 1. The maximum atomic E-state index is 11.8. The highest BCUT2D eigenvalue weighted by molar-refractivity contribution is 5.87. The van der Waals surface area contributed by atoms with Crippen molar-refractivity contribution in [1.82, 2.24) is 5.32 Å². The Balaban J connectivity index is 2.32. The van der Waals surface area contributed by atoms with E-state index >= 15 is 0 Å². The Morgan fingerprint density at radius 3 is 2.72 bits per heavy atom. The lowest BCUT2D eigenvalue weighted by Gasteiger charge is -2.41. The van der Waals surface area contributed by atoms with Crippen molar-refractivity contribution in [1.29, 1.82) is 5.26 Å². The van der Waals surface area contributed by atoms with Crippen molar-refractivity contribution >= 4 is 11.6 Å². The molecule has 0 spiro atoms. The number of carbonyl (C=O) groups excluding carboxylic acids is 1. The predicted octanol–water partition coefficient (Wildman–Crippen LogP) is 0.210. The van der Waals surface area contributed by atoms with E-state index in [2.05, 4.69) is 11.4 Å². The minimum absolute atomic E-state index is 0.0417. The van der Waals surface area contributed by atoms with Crippen LogP contribution in [0, 0.1) is 11.3 Å². The summed E-state index contributed by atoms with van der Waals surface area (Å²) >= 11 is 0. The Morgan fingerprint density at radius 1 is 1.50 bits per heavy atom. The molecule has 5 heteroatoms. The van der Waals surface area contributed by atoms with Crippen molar-refractivity contribution in [3.63, 3.8) is 0 Å². The van der Waals surface area contributed by atoms with Gasteiger partial charge >= 0.3 is 0 Å². The maximum absolute atomic E-state index is 11.8. The van der Waals surface area contributed by atoms with E-state index in [1.165, 1.54) is 0 Å². The van der Waals surface area contributed by atoms with Crippen molar-refractivity contribution in [3.05, 3.63) is 29.8 Å². The van der Waals surface area contributed by atoms with Crippen molar-refractivity contribution in [2.45, 2.75) is 19.0 Å². The average molecular weight is 244 g/mol. The molecule has 3 N–H and O–H groups in total. The van der Waals surface area contributed by atoms with Crippen molar-refractivity contribution in [2.75, 3.05) is 18.0 Å². The van der Waals surface area contributed by atoms with Crippen LogP contribution in [0.2, 0.25) is 0 Å². The number of rotatable bonds is 2. The SMILES string of the molecule is CC1CNC(=O)C(CN)N1c1ccc(C#N)cc1. The molecule has 0 radical (unpaired) electrons. The van der Waals surface area contributed by atoms with Crippen LogP contribution in [0.15, 0.2) is 24.3 Å². The zero-order chi connectivity index (χ0) is 13.1. The van der Waals surface area contributed by atoms with Crippen LogP contribution in [0.1, 0.15) is 12.5 Å². The third kappa shape index (κ3) is 2.15. The molecule has 1 saturated heterocycles. The number of amides is 1. The van der Waals surface area contributed by atoms with Crippen LogP contribution < -0.4 is 16.0 Å². The number of hydrogen-bond donors (Lipinski definition) is 2. The highest BCUT2D eigenvalue weighted by atomic mass is 16.2. The van der Waals surface area contributed by atoms with Gasteiger partial charge in [-0.15, -0.1) is 0 Å². The first-order valence-electron chi connectivity index (χ1n) is 5.93. The summed E-state index contributed by atoms with van der Waals surface area (Å²) in [4.78, 5) is 13.8. The first-order valence-corrected chi connectivity index (χ1v) is 5.93. The molecule has 18 heavy (non-hydrogen) atoms. The summed E-state index contributed by atoms with van der Waals surface area (Å²) in [5.41, 5.74) is 7.22. The highest BCUT2D eigenvalue weighted by Gasteiger charge is 2.33. The molecule has 1 amide bonds. The summed E-state index contributed by atoms with van der Waals surface area (Å²) in [6.07, 6.45) is 0. The quantitative estimate of drug-likeness (QED) is 0.779. The van der Waals surface area contributed by atoms with E-state index < -0.39 is 0 Å². The predicted molar refractivity (Wildman–Crippen MR) is 69.0 cm³/mol. The summed E-state index contributed by atoms with van der Waals surface area (Å²) < 4.78 is 0. The van der Waals surface area contributed by atoms with Crippen LogP contribution in [0.4, 0.5) is 5.69 Å². The molecule has 5 nitrogen and oxygen atoms in total. The van der Waals surface area contributed by atoms with Gasteiger partial charge in [-0.3, -0.25) is 4.79 Å². The topological polar surface area (TPSA) is 82.2 Å². The smallest absolute Gasteiger partial charge is 0.244 e. The summed E-state index contributed by atoms with van der Waals surface area (Å²) in [6, 6.07) is 9.14. The third-order valence-electron chi connectivity index (χ3n) is 3.20. The molecule has 0 aliphatic carbocycles. The van der Waals surface area contributed by atoms with Crippen LogP contribution in [0.25, 0.3) is 0 Å². The molecule has 1 heterocycles. The molecule has 1 aliphatic rings. The first-order chi connectivity index (χ1) is 8.67. The molecule has 1 fully saturated rings. The van der Waals surface area contributed by atoms with Crippen LogP contribution in [-0.2, 0) is 4.79 Å². The van der Waals surface area contributed by atoms with E-state index in [9.17, 15) is 4.79 Å². The van der Waals surface area contributed by atoms with Gasteiger partial charge in [-0.2, -0.15) is 5.26 Å². The Labute approximate surface area is 106 Å². The fourth-order valence-electron chi connectivity index (χ4n) is 2.26. The zero-order valence-electron chi connectivity index (χ0n) is 10.3. The highest BCUT2D eigenvalue weighted by Crippen LogP contribution is 2.22. The minimum atomic E-state index is -0.346. The lowest BCUT2D eigenvalue weighted by molar-refractivity contribution is -0.123. The maximum Gasteiger partial charge on any atom is 0.244 e. The van der Waals surface area contributed by atoms with E-state index in [0.717, 1.165) is 5.69 Å². The van der Waals surface area contributed by atoms with Gasteiger partial charge in [0.15, 0.2) is 0 Å². The Bertz CT molecular complexity index is 477. The second kappa shape index (κ2) is 5.07. The lowest BCUT2D eigenvalue weighted by atomic mass is 10.1. The minimum Gasteiger partial charge on any atom is -0.354 e. The number of hydrogen-bond acceptors (Lipinski definition) is 4. The van der Waals surface area contributed by atoms with Gasteiger partial charge in [-0.05, 0) is 31.2 Å². The van der Waals surface area contributed by atoms with Gasteiger partial charge < -0.3 is 16.0 Å². The average Bonchev–Trinajstić information content (AvgIpc) is 2.41. The molecular formula is C13H16N4O. The van der Waals surface area contributed by atoms with Gasteiger partial charge in [0.1, 0.15) is 6.04 Å². The van der Waals surface area contributed by atoms with Gasteiger partial charge in [0, 0.05) is 24.8 Å². The molecule has 0 saturated carbocycles. The lowest BCUT2D eigenvalue weighted by Crippen LogP contribution is -2.62. The van der Waals surface area contributed by atoms with E-state index in [1.54, 1.807) is 12.1 Å². The van der Waals surface area contributed by atoms with E-state index in [4.69, 9.17) is 11.0 Å². The molecule has 1 aliphatic heterocycles. The van der Waals surface area contributed by atoms with E-state index in [0.29, 0.717) is 12.1 Å². The number of piperazine rings is 1. The monoisotopic (exact) mass is 244 g/mol. The Kier molecular flexibility index (Phi) is 3.49. The van der Waals surface area contributed by atoms with Crippen molar-refractivity contribution < 1.29 is 4.79 Å². The number of nitriles is 1. The van der Waals surface area contributed by atoms with Gasteiger partial charge in [-0.1, -0.05) is 0 Å². The summed E-state index contributed by atoms with van der Waals surface area (Å²) in [7, 11) is 0. The van der Waals surface area contributed by atoms with E-state index in [-0.39, 0.29) is 24.5 Å². The first kappa shape index (κ1) is 12.4. The molecule has 2 atom stereocenters. The number of nitrogens with two attached hydrogens (primary N) is 1. The molecule has 94 valence electrons. The molecular weight excluding hydrogens is 228 g/mol. The largest absolute Gasteiger partial charge is 0.354 e. The summed E-state index contributed by atoms with van der Waals surface area (Å²) in [5.74, 6) is -0.0417. The fourth-order valence-corrected chi connectivity index (χ4v) is 2.26. The Hall–Kier alpha value is -2.06. The van der Waals surface area contributed by atoms with Crippen molar-refractivity contribution in [3.8, 4) is 6.07 Å². The third-order valence-corrected chi connectivity index (χ3v) is 3.20. The van der Waals surface area contributed by atoms with Crippen LogP contribution in [0.3, 0.4) is 0 Å². The molecule has 0 bridgehead atoms. The van der Waals surface area contributed by atoms with Crippen LogP contribution in [0.5, 0.6) is 0 Å². The molecule has 1 aromatic rings. The van der Waals surface area contributed by atoms with Crippen LogP contribution >= 0.6 is 0 Å². The van der Waals surface area contributed by atoms with Crippen molar-refractivity contribution in [2.24, 2.45) is 5.73 Å². The number of benzene rings is 1. The molecule has 1 aromatic carbocycles. The zero-order valence-corrected chi connectivity index (χ0v) is 10.3. The molecule has 2 rings (SSSR count). The van der Waals surface area contributed by atoms with Gasteiger partial charge in [0.05, 0.1) is 11.6 Å². The van der Waals surface area contributed by atoms with Crippen LogP contribution in [-0.4, -0.2) is 31.1 Å². The number of nitrogens with zero attached hydrogens (tertiary/aromatic N) is 2. The van der Waals surface area contributed by atoms with Gasteiger partial charge in [0.2, 0.25) is 5.91 Å². The number of carbonyl (C=O) groups is 1. The summed E-state index contributed by atoms with van der Waals surface area (Å²) in [6.45, 7) is 2.92. The second-order valence-corrected chi connectivity index (χ2v) is 4.41. The normalized spacial score (nSPS) is 23.4. The number of anilines is 1. The second-order valence-electron chi connectivity index (χ2n) is 4.41. The summed E-state index contributed by atoms with van der Waals surface area (Å²) in [5, 5.41) is 11.6. The van der Waals surface area contributed by atoms with E-state index in [1.807, 2.05) is 24.0 Å². The standard InChI is InChI=1S/C13H16N4O/c1-9-8-16-13(18)12(7-15)17(9)11-4-2-10(6-14)3-5-11/h2-5,9,12H,7-8,15H2,1H3,(H,16,18). The van der Waals surface area contributed by atoms with Gasteiger partial charge in [-0.25, -0.2) is 0 Å². The van der Waals surface area contributed by atoms with Gasteiger partial charge in [0.25, 0.3) is 0 Å². The molecule has 2 unspecified atom stereocenters.